The zero-order chi connectivity index (χ0) is 27.9. The third-order valence-corrected chi connectivity index (χ3v) is 6.66. The van der Waals surface area contributed by atoms with Crippen molar-refractivity contribution < 1.29 is 19.4 Å². The molecule has 0 amide bonds. The molecule has 0 atom stereocenters. The fourth-order valence-electron chi connectivity index (χ4n) is 4.05. The number of allylic oxidation sites excluding steroid dienone is 3. The summed E-state index contributed by atoms with van der Waals surface area (Å²) in [5.41, 5.74) is 2.92. The van der Waals surface area contributed by atoms with Crippen molar-refractivity contribution >= 4 is 11.9 Å². The van der Waals surface area contributed by atoms with Gasteiger partial charge in [-0.3, -0.25) is 4.79 Å². The number of hydrogen-bond donors (Lipinski definition) is 1. The highest BCUT2D eigenvalue weighted by molar-refractivity contribution is 6.09. The molecule has 0 fully saturated rings. The minimum absolute atomic E-state index is 0.0190. The van der Waals surface area contributed by atoms with Gasteiger partial charge < -0.3 is 24.4 Å². The van der Waals surface area contributed by atoms with Gasteiger partial charge in [0.1, 0.15) is 30.5 Å². The van der Waals surface area contributed by atoms with E-state index in [2.05, 4.69) is 37.5 Å². The van der Waals surface area contributed by atoms with Gasteiger partial charge in [0.15, 0.2) is 5.78 Å². The maximum absolute atomic E-state index is 13.0. The predicted octanol–water partition coefficient (Wildman–Crippen LogP) is 6.24. The van der Waals surface area contributed by atoms with Crippen molar-refractivity contribution in [2.24, 2.45) is 0 Å². The van der Waals surface area contributed by atoms with E-state index in [0.29, 0.717) is 30.9 Å². The van der Waals surface area contributed by atoms with E-state index < -0.39 is 0 Å². The first-order valence-corrected chi connectivity index (χ1v) is 13.8. The summed E-state index contributed by atoms with van der Waals surface area (Å²) in [6, 6.07) is 11.1. The molecule has 0 unspecified atom stereocenters. The maximum Gasteiger partial charge on any atom is 0.189 e. The van der Waals surface area contributed by atoms with E-state index in [0.717, 1.165) is 56.2 Å². The van der Waals surface area contributed by atoms with Crippen LogP contribution in [0.15, 0.2) is 54.1 Å². The minimum Gasteiger partial charge on any atom is -0.507 e. The summed E-state index contributed by atoms with van der Waals surface area (Å²) in [5, 5.41) is 11.1. The lowest BCUT2D eigenvalue weighted by Gasteiger charge is -2.19. The van der Waals surface area contributed by atoms with Crippen molar-refractivity contribution in [3.05, 3.63) is 70.8 Å². The first-order chi connectivity index (χ1) is 18.3. The molecule has 0 aliphatic rings. The van der Waals surface area contributed by atoms with Crippen molar-refractivity contribution in [1.29, 1.82) is 0 Å². The number of phenolic OH excluding ortho intramolecular Hbond substituents is 1. The van der Waals surface area contributed by atoms with Crippen LogP contribution < -0.4 is 9.47 Å². The van der Waals surface area contributed by atoms with E-state index in [1.54, 1.807) is 18.2 Å². The highest BCUT2D eigenvalue weighted by atomic mass is 16.5. The Morgan fingerprint density at radius 3 is 1.97 bits per heavy atom. The first-order valence-electron chi connectivity index (χ1n) is 13.8. The summed E-state index contributed by atoms with van der Waals surface area (Å²) in [4.78, 5) is 17.6. The van der Waals surface area contributed by atoms with E-state index in [1.807, 2.05) is 44.2 Å². The Bertz CT molecular complexity index is 1050. The fourth-order valence-corrected chi connectivity index (χ4v) is 4.05. The highest BCUT2D eigenvalue weighted by Crippen LogP contribution is 2.33. The van der Waals surface area contributed by atoms with Crippen LogP contribution in [0.3, 0.4) is 0 Å². The largest absolute Gasteiger partial charge is 0.507 e. The Morgan fingerprint density at radius 1 is 0.842 bits per heavy atom. The number of phenols is 1. The van der Waals surface area contributed by atoms with Gasteiger partial charge in [0, 0.05) is 18.7 Å². The molecule has 0 bridgehead atoms. The summed E-state index contributed by atoms with van der Waals surface area (Å²) in [6.45, 7) is 19.4. The van der Waals surface area contributed by atoms with Crippen LogP contribution in [-0.4, -0.2) is 73.2 Å². The maximum atomic E-state index is 13.0. The van der Waals surface area contributed by atoms with Crippen molar-refractivity contribution in [1.82, 2.24) is 9.80 Å². The average Bonchev–Trinajstić information content (AvgIpc) is 2.92. The molecule has 0 saturated carbocycles. The Hall–Kier alpha value is -3.09. The molecule has 0 aromatic heterocycles. The van der Waals surface area contributed by atoms with Crippen LogP contribution >= 0.6 is 0 Å². The molecule has 1 N–H and O–H groups in total. The number of carbonyl (C=O) groups excluding carboxylic acids is 1. The molecule has 0 spiro atoms. The summed E-state index contributed by atoms with van der Waals surface area (Å²) < 4.78 is 11.9. The Labute approximate surface area is 229 Å². The van der Waals surface area contributed by atoms with Gasteiger partial charge in [-0.2, -0.15) is 0 Å². The zero-order valence-corrected chi connectivity index (χ0v) is 24.1. The quantitative estimate of drug-likeness (QED) is 0.151. The van der Waals surface area contributed by atoms with Crippen LogP contribution in [0.1, 0.15) is 63.0 Å². The lowest BCUT2D eigenvalue weighted by Crippen LogP contribution is -2.28. The van der Waals surface area contributed by atoms with Crippen molar-refractivity contribution in [3.8, 4) is 17.2 Å². The predicted molar refractivity (Wildman–Crippen MR) is 158 cm³/mol. The van der Waals surface area contributed by atoms with Gasteiger partial charge in [-0.25, -0.2) is 0 Å². The molecule has 2 rings (SSSR count). The van der Waals surface area contributed by atoms with Gasteiger partial charge in [-0.05, 0) is 82.4 Å². The molecule has 6 nitrogen and oxygen atoms in total. The number of carbonyl (C=O) groups is 1. The smallest absolute Gasteiger partial charge is 0.189 e. The van der Waals surface area contributed by atoms with E-state index in [-0.39, 0.29) is 17.1 Å². The van der Waals surface area contributed by atoms with Gasteiger partial charge in [0.2, 0.25) is 0 Å². The number of ketones is 1. The Morgan fingerprint density at radius 2 is 1.42 bits per heavy atom. The van der Waals surface area contributed by atoms with Crippen LogP contribution in [0.4, 0.5) is 0 Å². The van der Waals surface area contributed by atoms with Gasteiger partial charge in [0.25, 0.3) is 0 Å². The summed E-state index contributed by atoms with van der Waals surface area (Å²) in [6.07, 6.45) is 5.78. The molecule has 0 heterocycles. The Balaban J connectivity index is 2.10. The normalized spacial score (nSPS) is 11.4. The zero-order valence-electron chi connectivity index (χ0n) is 24.1. The average molecular weight is 523 g/mol. The van der Waals surface area contributed by atoms with Crippen LogP contribution in [-0.2, 0) is 6.42 Å². The second kappa shape index (κ2) is 16.7. The number of likely N-dealkylation sites (N-methyl/N-ethyl adjacent to an activating group) is 2. The van der Waals surface area contributed by atoms with Crippen LogP contribution in [0.25, 0.3) is 6.08 Å². The molecule has 0 saturated heterocycles. The number of rotatable bonds is 17. The van der Waals surface area contributed by atoms with Gasteiger partial charge in [-0.15, -0.1) is 0 Å². The summed E-state index contributed by atoms with van der Waals surface area (Å²) in [7, 11) is 0. The molecule has 38 heavy (non-hydrogen) atoms. The number of aromatic hydroxyl groups is 1. The van der Waals surface area contributed by atoms with E-state index in [4.69, 9.17) is 9.47 Å². The number of nitrogens with zero attached hydrogens (tertiary/aromatic N) is 2. The lowest BCUT2D eigenvalue weighted by molar-refractivity contribution is 0.104. The van der Waals surface area contributed by atoms with Gasteiger partial charge in [0.05, 0.1) is 5.56 Å². The topological polar surface area (TPSA) is 62.2 Å². The molecule has 0 aliphatic heterocycles. The fraction of sp³-hybridized carbons (Fsp3) is 0.469. The second-order valence-electron chi connectivity index (χ2n) is 9.44. The molecule has 2 aromatic carbocycles. The Kier molecular flexibility index (Phi) is 13.7. The molecule has 0 radical (unpaired) electrons. The van der Waals surface area contributed by atoms with E-state index >= 15 is 0 Å². The molecule has 6 heteroatoms. The molecular formula is C32H46N2O4. The minimum atomic E-state index is -0.254. The molecular weight excluding hydrogens is 476 g/mol. The summed E-state index contributed by atoms with van der Waals surface area (Å²) in [5.74, 6) is 1.15. The third-order valence-electron chi connectivity index (χ3n) is 6.66. The van der Waals surface area contributed by atoms with Crippen molar-refractivity contribution in [2.45, 2.75) is 48.0 Å². The molecule has 0 aliphatic carbocycles. The first kappa shape index (κ1) is 31.1. The third kappa shape index (κ3) is 9.99. The molecule has 208 valence electrons. The summed E-state index contributed by atoms with van der Waals surface area (Å²) >= 11 is 0. The van der Waals surface area contributed by atoms with Crippen LogP contribution in [0, 0.1) is 0 Å². The number of benzene rings is 2. The number of ether oxygens (including phenoxy) is 2. The van der Waals surface area contributed by atoms with E-state index in [1.165, 1.54) is 6.08 Å². The van der Waals surface area contributed by atoms with Crippen molar-refractivity contribution in [2.75, 3.05) is 52.5 Å². The second-order valence-corrected chi connectivity index (χ2v) is 9.44. The van der Waals surface area contributed by atoms with Gasteiger partial charge >= 0.3 is 0 Å². The molecule has 2 aromatic rings. The monoisotopic (exact) mass is 522 g/mol. The number of hydrogen-bond acceptors (Lipinski definition) is 6. The van der Waals surface area contributed by atoms with Crippen molar-refractivity contribution in [3.63, 3.8) is 0 Å². The van der Waals surface area contributed by atoms with Crippen LogP contribution in [0.5, 0.6) is 17.2 Å². The van der Waals surface area contributed by atoms with E-state index in [9.17, 15) is 9.90 Å². The SMILES string of the molecule is CCN(CC)CCOc1ccc(/C=C/C(=O)c2ccc(OCCN(CC)CC)c(CC=C(C)C)c2O)cc1. The van der Waals surface area contributed by atoms with Crippen LogP contribution in [0.2, 0.25) is 0 Å². The van der Waals surface area contributed by atoms with Gasteiger partial charge in [-0.1, -0.05) is 57.6 Å². The standard InChI is InChI=1S/C32H46N2O4/c1-7-33(8-2)21-23-37-27-15-12-26(13-16-27)14-19-30(35)28-18-20-31(38-24-22-34(9-3)10-4)29(32(28)36)17-11-25(5)6/h11-16,18-20,36H,7-10,17,21-24H2,1-6H3/b19-14+. The highest BCUT2D eigenvalue weighted by Gasteiger charge is 2.17. The lowest BCUT2D eigenvalue weighted by atomic mass is 10.0.